The van der Waals surface area contributed by atoms with Gasteiger partial charge in [-0.25, -0.2) is 9.97 Å². The Bertz CT molecular complexity index is 619. The maximum absolute atomic E-state index is 5.96. The summed E-state index contributed by atoms with van der Waals surface area (Å²) in [5, 5.41) is 3.63. The van der Waals surface area contributed by atoms with E-state index in [0.717, 1.165) is 22.7 Å². The lowest BCUT2D eigenvalue weighted by Gasteiger charge is -2.19. The molecule has 1 aliphatic heterocycles. The Hall–Kier alpha value is -2.01. The van der Waals surface area contributed by atoms with E-state index in [9.17, 15) is 0 Å². The molecule has 2 aromatic rings. The zero-order chi connectivity index (χ0) is 13.2. The van der Waals surface area contributed by atoms with Crippen molar-refractivity contribution in [1.82, 2.24) is 9.97 Å². The molecule has 0 radical (unpaired) electrons. The van der Waals surface area contributed by atoms with Crippen LogP contribution < -0.4 is 14.8 Å². The molecule has 0 atom stereocenters. The van der Waals surface area contributed by atoms with Gasteiger partial charge in [-0.05, 0) is 19.1 Å². The standard InChI is InChI=1S/C13H12ClN3O2/c1-8-12(14)15-7-16-13(8)17-9-2-3-10-11(6-9)19-5-4-18-10/h2-3,6-7H,4-5H2,1H3,(H,15,16,17). The van der Waals surface area contributed by atoms with Gasteiger partial charge < -0.3 is 14.8 Å². The Morgan fingerprint density at radius 1 is 1.16 bits per heavy atom. The van der Waals surface area contributed by atoms with Crippen molar-refractivity contribution in [2.45, 2.75) is 6.92 Å². The highest BCUT2D eigenvalue weighted by Crippen LogP contribution is 2.33. The van der Waals surface area contributed by atoms with Crippen LogP contribution in [0, 0.1) is 6.92 Å². The number of fused-ring (bicyclic) bond motifs is 1. The van der Waals surface area contributed by atoms with Gasteiger partial charge in [0.15, 0.2) is 11.5 Å². The number of halogens is 1. The first-order valence-electron chi connectivity index (χ1n) is 5.88. The first-order chi connectivity index (χ1) is 9.24. The first-order valence-corrected chi connectivity index (χ1v) is 6.25. The van der Waals surface area contributed by atoms with Crippen LogP contribution in [0.3, 0.4) is 0 Å². The second-order valence-electron chi connectivity index (χ2n) is 4.12. The second-order valence-corrected chi connectivity index (χ2v) is 4.48. The highest BCUT2D eigenvalue weighted by Gasteiger charge is 2.12. The Morgan fingerprint density at radius 2 is 1.95 bits per heavy atom. The van der Waals surface area contributed by atoms with E-state index in [0.29, 0.717) is 24.2 Å². The number of rotatable bonds is 2. The molecule has 1 aliphatic rings. The predicted molar refractivity (Wildman–Crippen MR) is 72.5 cm³/mol. The summed E-state index contributed by atoms with van der Waals surface area (Å²) >= 11 is 5.96. The fourth-order valence-electron chi connectivity index (χ4n) is 1.81. The minimum absolute atomic E-state index is 0.440. The fourth-order valence-corrected chi connectivity index (χ4v) is 1.95. The number of benzene rings is 1. The molecular formula is C13H12ClN3O2. The number of hydrogen-bond acceptors (Lipinski definition) is 5. The van der Waals surface area contributed by atoms with Crippen molar-refractivity contribution in [3.05, 3.63) is 35.2 Å². The molecule has 0 bridgehead atoms. The number of ether oxygens (including phenoxy) is 2. The number of hydrogen-bond donors (Lipinski definition) is 1. The van der Waals surface area contributed by atoms with Crippen molar-refractivity contribution in [3.63, 3.8) is 0 Å². The third-order valence-corrected chi connectivity index (χ3v) is 3.21. The molecule has 0 unspecified atom stereocenters. The number of nitrogens with one attached hydrogen (secondary N) is 1. The highest BCUT2D eigenvalue weighted by atomic mass is 35.5. The first kappa shape index (κ1) is 12.0. The molecule has 0 saturated carbocycles. The van der Waals surface area contributed by atoms with Crippen LogP contribution in [0.15, 0.2) is 24.5 Å². The zero-order valence-electron chi connectivity index (χ0n) is 10.3. The SMILES string of the molecule is Cc1c(Cl)ncnc1Nc1ccc2c(c1)OCCO2. The lowest BCUT2D eigenvalue weighted by atomic mass is 10.2. The molecule has 98 valence electrons. The van der Waals surface area contributed by atoms with E-state index in [2.05, 4.69) is 15.3 Å². The molecule has 1 N–H and O–H groups in total. The van der Waals surface area contributed by atoms with Gasteiger partial charge in [-0.15, -0.1) is 0 Å². The third kappa shape index (κ3) is 2.42. The molecule has 2 heterocycles. The fraction of sp³-hybridized carbons (Fsp3) is 0.231. The van der Waals surface area contributed by atoms with E-state index >= 15 is 0 Å². The van der Waals surface area contributed by atoms with Gasteiger partial charge in [-0.3, -0.25) is 0 Å². The Kier molecular flexibility index (Phi) is 3.13. The molecule has 0 spiro atoms. The van der Waals surface area contributed by atoms with Crippen LogP contribution >= 0.6 is 11.6 Å². The van der Waals surface area contributed by atoms with Crippen molar-refractivity contribution < 1.29 is 9.47 Å². The van der Waals surface area contributed by atoms with Gasteiger partial charge in [0.25, 0.3) is 0 Å². The lowest BCUT2D eigenvalue weighted by molar-refractivity contribution is 0.171. The maximum Gasteiger partial charge on any atom is 0.163 e. The van der Waals surface area contributed by atoms with Crippen molar-refractivity contribution in [1.29, 1.82) is 0 Å². The number of aromatic nitrogens is 2. The van der Waals surface area contributed by atoms with Crippen molar-refractivity contribution in [2.75, 3.05) is 18.5 Å². The van der Waals surface area contributed by atoms with E-state index < -0.39 is 0 Å². The van der Waals surface area contributed by atoms with Crippen LogP contribution in [0.5, 0.6) is 11.5 Å². The third-order valence-electron chi connectivity index (χ3n) is 2.83. The zero-order valence-corrected chi connectivity index (χ0v) is 11.1. The van der Waals surface area contributed by atoms with Crippen LogP contribution in [0.25, 0.3) is 0 Å². The minimum Gasteiger partial charge on any atom is -0.486 e. The lowest BCUT2D eigenvalue weighted by Crippen LogP contribution is -2.15. The summed E-state index contributed by atoms with van der Waals surface area (Å²) < 4.78 is 11.0. The summed E-state index contributed by atoms with van der Waals surface area (Å²) in [6.45, 7) is 3.01. The molecule has 1 aromatic heterocycles. The highest BCUT2D eigenvalue weighted by molar-refractivity contribution is 6.30. The Labute approximate surface area is 115 Å². The van der Waals surface area contributed by atoms with E-state index in [1.807, 2.05) is 25.1 Å². The summed E-state index contributed by atoms with van der Waals surface area (Å²) in [5.41, 5.74) is 1.67. The number of anilines is 2. The Balaban J connectivity index is 1.89. The second kappa shape index (κ2) is 4.93. The van der Waals surface area contributed by atoms with Gasteiger partial charge in [0.1, 0.15) is 30.5 Å². The van der Waals surface area contributed by atoms with Gasteiger partial charge in [-0.1, -0.05) is 11.6 Å². The molecule has 0 amide bonds. The monoisotopic (exact) mass is 277 g/mol. The average molecular weight is 278 g/mol. The Morgan fingerprint density at radius 3 is 2.79 bits per heavy atom. The molecule has 1 aromatic carbocycles. The van der Waals surface area contributed by atoms with Crippen LogP contribution in [0.4, 0.5) is 11.5 Å². The van der Waals surface area contributed by atoms with Gasteiger partial charge in [0.2, 0.25) is 0 Å². The minimum atomic E-state index is 0.440. The van der Waals surface area contributed by atoms with E-state index in [4.69, 9.17) is 21.1 Å². The summed E-state index contributed by atoms with van der Waals surface area (Å²) in [6, 6.07) is 5.65. The smallest absolute Gasteiger partial charge is 0.163 e. The quantitative estimate of drug-likeness (QED) is 0.855. The molecule has 6 heteroatoms. The molecule has 0 saturated heterocycles. The van der Waals surface area contributed by atoms with Crippen LogP contribution in [-0.4, -0.2) is 23.2 Å². The van der Waals surface area contributed by atoms with Crippen molar-refractivity contribution in [2.24, 2.45) is 0 Å². The summed E-state index contributed by atoms with van der Waals surface area (Å²) in [5.74, 6) is 2.17. The van der Waals surface area contributed by atoms with Gasteiger partial charge >= 0.3 is 0 Å². The normalized spacial score (nSPS) is 13.2. The molecule has 5 nitrogen and oxygen atoms in total. The average Bonchev–Trinajstić information content (AvgIpc) is 2.44. The maximum atomic E-state index is 5.96. The molecule has 3 rings (SSSR count). The number of nitrogens with zero attached hydrogens (tertiary/aromatic N) is 2. The van der Waals surface area contributed by atoms with E-state index in [1.165, 1.54) is 6.33 Å². The summed E-state index contributed by atoms with van der Waals surface area (Å²) in [7, 11) is 0. The molecule has 0 aliphatic carbocycles. The van der Waals surface area contributed by atoms with Crippen LogP contribution in [-0.2, 0) is 0 Å². The van der Waals surface area contributed by atoms with Gasteiger partial charge in [-0.2, -0.15) is 0 Å². The van der Waals surface area contributed by atoms with E-state index in [-0.39, 0.29) is 0 Å². The summed E-state index contributed by atoms with van der Waals surface area (Å²) in [4.78, 5) is 8.09. The predicted octanol–water partition coefficient (Wildman–Crippen LogP) is 2.95. The topological polar surface area (TPSA) is 56.3 Å². The summed E-state index contributed by atoms with van der Waals surface area (Å²) in [6.07, 6.45) is 1.43. The van der Waals surface area contributed by atoms with Crippen LogP contribution in [0.2, 0.25) is 5.15 Å². The molecule has 19 heavy (non-hydrogen) atoms. The van der Waals surface area contributed by atoms with Crippen molar-refractivity contribution >= 4 is 23.1 Å². The van der Waals surface area contributed by atoms with Crippen LogP contribution in [0.1, 0.15) is 5.56 Å². The largest absolute Gasteiger partial charge is 0.486 e. The van der Waals surface area contributed by atoms with Crippen molar-refractivity contribution in [3.8, 4) is 11.5 Å². The van der Waals surface area contributed by atoms with E-state index in [1.54, 1.807) is 0 Å². The molecular weight excluding hydrogens is 266 g/mol. The van der Waals surface area contributed by atoms with Gasteiger partial charge in [0.05, 0.1) is 0 Å². The molecule has 0 fully saturated rings. The van der Waals surface area contributed by atoms with Gasteiger partial charge in [0, 0.05) is 17.3 Å².